The number of H-pyrrole nitrogens is 1. The van der Waals surface area contributed by atoms with Crippen LogP contribution in [0.1, 0.15) is 12.5 Å². The number of aliphatic hydroxyl groups is 1. The highest BCUT2D eigenvalue weighted by Gasteiger charge is 2.11. The van der Waals surface area contributed by atoms with Gasteiger partial charge in [0.15, 0.2) is 5.82 Å². The topological polar surface area (TPSA) is 85.9 Å². The van der Waals surface area contributed by atoms with Gasteiger partial charge in [0, 0.05) is 40.3 Å². The number of rotatable bonds is 7. The molecule has 31 heavy (non-hydrogen) atoms. The van der Waals surface area contributed by atoms with Gasteiger partial charge in [-0.05, 0) is 48.4 Å². The molecule has 0 fully saturated rings. The first-order valence-electron chi connectivity index (χ1n) is 10.2. The first kappa shape index (κ1) is 19.7. The minimum atomic E-state index is 0.0877. The van der Waals surface area contributed by atoms with Crippen LogP contribution in [0.5, 0.6) is 0 Å². The van der Waals surface area contributed by atoms with E-state index in [1.165, 1.54) is 5.56 Å². The summed E-state index contributed by atoms with van der Waals surface area (Å²) in [5, 5.41) is 17.1. The molecule has 3 heterocycles. The maximum atomic E-state index is 9.15. The molecule has 0 spiro atoms. The van der Waals surface area contributed by atoms with Gasteiger partial charge >= 0.3 is 0 Å². The number of anilines is 2. The van der Waals surface area contributed by atoms with Crippen molar-refractivity contribution >= 4 is 44.0 Å². The smallest absolute Gasteiger partial charge is 0.151 e. The van der Waals surface area contributed by atoms with E-state index in [1.54, 1.807) is 17.7 Å². The molecule has 7 heteroatoms. The number of aliphatic hydroxyl groups excluding tert-OH is 1. The third-order valence-electron chi connectivity index (χ3n) is 5.29. The van der Waals surface area contributed by atoms with Gasteiger partial charge in [-0.2, -0.15) is 0 Å². The van der Waals surface area contributed by atoms with E-state index in [0.717, 1.165) is 49.6 Å². The van der Waals surface area contributed by atoms with E-state index in [-0.39, 0.29) is 12.6 Å². The van der Waals surface area contributed by atoms with E-state index in [4.69, 9.17) is 5.11 Å². The summed E-state index contributed by atoms with van der Waals surface area (Å²) in [5.41, 5.74) is 5.38. The number of aromatic amines is 1. The van der Waals surface area contributed by atoms with Gasteiger partial charge in [0.25, 0.3) is 0 Å². The van der Waals surface area contributed by atoms with Crippen LogP contribution in [0, 0.1) is 0 Å². The number of thiophene rings is 1. The van der Waals surface area contributed by atoms with Gasteiger partial charge in [-0.15, -0.1) is 11.3 Å². The molecular weight excluding hydrogens is 406 g/mol. The van der Waals surface area contributed by atoms with E-state index in [1.807, 2.05) is 19.2 Å². The third-order valence-corrected chi connectivity index (χ3v) is 6.47. The summed E-state index contributed by atoms with van der Waals surface area (Å²) in [7, 11) is 0. The van der Waals surface area contributed by atoms with Crippen molar-refractivity contribution in [2.75, 3.05) is 11.9 Å². The zero-order valence-electron chi connectivity index (χ0n) is 17.1. The molecule has 0 saturated heterocycles. The van der Waals surface area contributed by atoms with Crippen LogP contribution in [-0.2, 0) is 6.54 Å². The highest BCUT2D eigenvalue weighted by atomic mass is 32.1. The van der Waals surface area contributed by atoms with E-state index in [0.29, 0.717) is 0 Å². The fraction of sp³-hybridized carbons (Fsp3) is 0.167. The van der Waals surface area contributed by atoms with Crippen LogP contribution in [0.15, 0.2) is 67.1 Å². The molecule has 0 aliphatic rings. The third kappa shape index (κ3) is 4.16. The van der Waals surface area contributed by atoms with Crippen LogP contribution in [0.2, 0.25) is 0 Å². The molecule has 3 aromatic heterocycles. The monoisotopic (exact) mass is 429 g/mol. The molecule has 0 aliphatic heterocycles. The van der Waals surface area contributed by atoms with Crippen molar-refractivity contribution < 1.29 is 5.11 Å². The molecule has 5 rings (SSSR count). The molecule has 156 valence electrons. The largest absolute Gasteiger partial charge is 0.395 e. The summed E-state index contributed by atoms with van der Waals surface area (Å²) < 4.78 is 1.04. The summed E-state index contributed by atoms with van der Waals surface area (Å²) in [6.45, 7) is 2.84. The summed E-state index contributed by atoms with van der Waals surface area (Å²) in [5.74, 6) is 0.815. The number of aromatic nitrogens is 3. The van der Waals surface area contributed by atoms with Crippen LogP contribution < -0.4 is 10.6 Å². The molecule has 6 nitrogen and oxygen atoms in total. The first-order valence-corrected chi connectivity index (χ1v) is 11.0. The van der Waals surface area contributed by atoms with E-state index in [2.05, 4.69) is 74.1 Å². The van der Waals surface area contributed by atoms with Crippen LogP contribution in [0.3, 0.4) is 0 Å². The minimum Gasteiger partial charge on any atom is -0.395 e. The van der Waals surface area contributed by atoms with Gasteiger partial charge in [-0.1, -0.05) is 24.3 Å². The van der Waals surface area contributed by atoms with Crippen molar-refractivity contribution in [1.29, 1.82) is 0 Å². The number of fused-ring (bicyclic) bond motifs is 2. The van der Waals surface area contributed by atoms with Crippen LogP contribution in [-0.4, -0.2) is 32.7 Å². The Bertz CT molecular complexity index is 1330. The van der Waals surface area contributed by atoms with Gasteiger partial charge in [0.1, 0.15) is 6.33 Å². The van der Waals surface area contributed by atoms with Crippen molar-refractivity contribution in [3.63, 3.8) is 0 Å². The van der Waals surface area contributed by atoms with Crippen molar-refractivity contribution in [3.8, 4) is 10.4 Å². The summed E-state index contributed by atoms with van der Waals surface area (Å²) in [6.07, 6.45) is 3.55. The van der Waals surface area contributed by atoms with Gasteiger partial charge in [-0.25, -0.2) is 9.97 Å². The van der Waals surface area contributed by atoms with Crippen molar-refractivity contribution in [1.82, 2.24) is 20.3 Å². The molecule has 0 saturated carbocycles. The number of nitrogens with zero attached hydrogens (tertiary/aromatic N) is 2. The lowest BCUT2D eigenvalue weighted by Gasteiger charge is -2.10. The highest BCUT2D eigenvalue weighted by molar-refractivity contribution is 7.22. The molecule has 0 aliphatic carbocycles. The minimum absolute atomic E-state index is 0.0877. The van der Waals surface area contributed by atoms with E-state index < -0.39 is 0 Å². The van der Waals surface area contributed by atoms with Crippen LogP contribution >= 0.6 is 11.3 Å². The van der Waals surface area contributed by atoms with Crippen molar-refractivity contribution in [3.05, 3.63) is 72.7 Å². The molecule has 1 atom stereocenters. The normalized spacial score (nSPS) is 12.5. The van der Waals surface area contributed by atoms with Crippen molar-refractivity contribution in [2.45, 2.75) is 19.5 Å². The van der Waals surface area contributed by atoms with E-state index in [9.17, 15) is 0 Å². The maximum Gasteiger partial charge on any atom is 0.151 e. The average Bonchev–Trinajstić information content (AvgIpc) is 3.45. The molecule has 5 aromatic rings. The molecule has 0 bridgehead atoms. The summed E-state index contributed by atoms with van der Waals surface area (Å²) in [4.78, 5) is 13.3. The molecule has 0 radical (unpaired) electrons. The Morgan fingerprint density at radius 1 is 1.06 bits per heavy atom. The number of nitrogens with one attached hydrogen (secondary N) is 3. The Morgan fingerprint density at radius 3 is 2.77 bits per heavy atom. The van der Waals surface area contributed by atoms with Crippen molar-refractivity contribution in [2.24, 2.45) is 0 Å². The Balaban J connectivity index is 1.40. The second-order valence-electron chi connectivity index (χ2n) is 7.61. The SMILES string of the molecule is CC(CO)NCc1ccc(-c2cc3ncnc(Nc4ccc5[nH]ccc5c4)c3s2)cc1. The fourth-order valence-corrected chi connectivity index (χ4v) is 4.56. The second kappa shape index (κ2) is 8.47. The van der Waals surface area contributed by atoms with Gasteiger partial charge < -0.3 is 20.7 Å². The summed E-state index contributed by atoms with van der Waals surface area (Å²) in [6, 6.07) is 19.0. The Kier molecular flexibility index (Phi) is 5.38. The van der Waals surface area contributed by atoms with Gasteiger partial charge in [-0.3, -0.25) is 0 Å². The lowest BCUT2D eigenvalue weighted by atomic mass is 10.1. The standard InChI is InChI=1S/C24H23N5OS/c1-15(13-30)26-12-16-2-4-17(5-3-16)22-11-21-23(31-22)24(28-14-27-21)29-19-6-7-20-18(10-19)8-9-25-20/h2-11,14-15,25-26,30H,12-13H2,1H3,(H,27,28,29). The predicted octanol–water partition coefficient (Wildman–Crippen LogP) is 5.05. The Morgan fingerprint density at radius 2 is 1.94 bits per heavy atom. The van der Waals surface area contributed by atoms with Crippen LogP contribution in [0.25, 0.3) is 31.6 Å². The first-order chi connectivity index (χ1) is 15.2. The Labute approximate surface area is 184 Å². The van der Waals surface area contributed by atoms with Gasteiger partial charge in [0.2, 0.25) is 0 Å². The molecular formula is C24H23N5OS. The lowest BCUT2D eigenvalue weighted by molar-refractivity contribution is 0.251. The van der Waals surface area contributed by atoms with E-state index >= 15 is 0 Å². The zero-order valence-corrected chi connectivity index (χ0v) is 17.9. The summed E-state index contributed by atoms with van der Waals surface area (Å²) >= 11 is 1.69. The second-order valence-corrected chi connectivity index (χ2v) is 8.67. The molecule has 4 N–H and O–H groups in total. The number of benzene rings is 2. The highest BCUT2D eigenvalue weighted by Crippen LogP contribution is 2.36. The Hall–Kier alpha value is -3.26. The number of hydrogen-bond donors (Lipinski definition) is 4. The quantitative estimate of drug-likeness (QED) is 0.291. The molecule has 1 unspecified atom stereocenters. The molecule has 2 aromatic carbocycles. The lowest BCUT2D eigenvalue weighted by Crippen LogP contribution is -2.28. The molecule has 0 amide bonds. The number of hydrogen-bond acceptors (Lipinski definition) is 6. The van der Waals surface area contributed by atoms with Crippen LogP contribution in [0.4, 0.5) is 11.5 Å². The predicted molar refractivity (Wildman–Crippen MR) is 128 cm³/mol. The average molecular weight is 430 g/mol. The zero-order chi connectivity index (χ0) is 21.2. The fourth-order valence-electron chi connectivity index (χ4n) is 3.50. The maximum absolute atomic E-state index is 9.15. The van der Waals surface area contributed by atoms with Gasteiger partial charge in [0.05, 0.1) is 16.8 Å².